The van der Waals surface area contributed by atoms with Gasteiger partial charge < -0.3 is 5.73 Å². The van der Waals surface area contributed by atoms with Crippen molar-refractivity contribution in [3.8, 4) is 0 Å². The van der Waals surface area contributed by atoms with E-state index in [1.807, 2.05) is 54.6 Å². The zero-order chi connectivity index (χ0) is 10.7. The standard InChI is InChI=1S/C13H12BrN/c14-12-8-6-11(7-9-12)13(15)10-4-2-1-3-5-10/h1-9,13H,15H2. The van der Waals surface area contributed by atoms with E-state index in [2.05, 4.69) is 15.9 Å². The molecule has 2 aromatic rings. The Labute approximate surface area is 98.1 Å². The van der Waals surface area contributed by atoms with E-state index in [0.29, 0.717) is 0 Å². The molecule has 0 amide bonds. The van der Waals surface area contributed by atoms with Crippen LogP contribution in [0, 0.1) is 0 Å². The average Bonchev–Trinajstić information content (AvgIpc) is 2.30. The molecule has 2 N–H and O–H groups in total. The van der Waals surface area contributed by atoms with Gasteiger partial charge in [0.25, 0.3) is 0 Å². The van der Waals surface area contributed by atoms with Gasteiger partial charge in [0, 0.05) is 4.47 Å². The zero-order valence-corrected chi connectivity index (χ0v) is 9.81. The molecule has 0 aromatic heterocycles. The highest BCUT2D eigenvalue weighted by atomic mass is 79.9. The van der Waals surface area contributed by atoms with Gasteiger partial charge in [-0.2, -0.15) is 0 Å². The summed E-state index contributed by atoms with van der Waals surface area (Å²) in [5.74, 6) is 0. The van der Waals surface area contributed by atoms with E-state index in [1.165, 1.54) is 0 Å². The lowest BCUT2D eigenvalue weighted by molar-refractivity contribution is 0.871. The average molecular weight is 262 g/mol. The molecule has 1 atom stereocenters. The third-order valence-corrected chi connectivity index (χ3v) is 2.92. The van der Waals surface area contributed by atoms with Gasteiger partial charge in [-0.3, -0.25) is 0 Å². The van der Waals surface area contributed by atoms with E-state index < -0.39 is 0 Å². The van der Waals surface area contributed by atoms with Gasteiger partial charge in [-0.05, 0) is 23.3 Å². The molecule has 0 bridgehead atoms. The van der Waals surface area contributed by atoms with Crippen LogP contribution in [0.15, 0.2) is 59.1 Å². The van der Waals surface area contributed by atoms with Crippen molar-refractivity contribution in [2.75, 3.05) is 0 Å². The maximum atomic E-state index is 6.15. The molecule has 15 heavy (non-hydrogen) atoms. The maximum Gasteiger partial charge on any atom is 0.0551 e. The lowest BCUT2D eigenvalue weighted by Crippen LogP contribution is -2.11. The van der Waals surface area contributed by atoms with Crippen molar-refractivity contribution in [3.63, 3.8) is 0 Å². The summed E-state index contributed by atoms with van der Waals surface area (Å²) in [7, 11) is 0. The molecule has 0 aliphatic carbocycles. The monoisotopic (exact) mass is 261 g/mol. The van der Waals surface area contributed by atoms with Crippen LogP contribution in [-0.4, -0.2) is 0 Å². The number of hydrogen-bond acceptors (Lipinski definition) is 1. The Hall–Kier alpha value is -1.12. The maximum absolute atomic E-state index is 6.15. The van der Waals surface area contributed by atoms with Crippen molar-refractivity contribution in [2.45, 2.75) is 6.04 Å². The van der Waals surface area contributed by atoms with E-state index in [-0.39, 0.29) is 6.04 Å². The largest absolute Gasteiger partial charge is 0.320 e. The Morgan fingerprint density at radius 1 is 0.800 bits per heavy atom. The van der Waals surface area contributed by atoms with E-state index >= 15 is 0 Å². The van der Waals surface area contributed by atoms with Crippen molar-refractivity contribution >= 4 is 15.9 Å². The second kappa shape index (κ2) is 4.60. The SMILES string of the molecule is NC(c1ccccc1)c1ccc(Br)cc1. The zero-order valence-electron chi connectivity index (χ0n) is 8.23. The molecule has 0 fully saturated rings. The molecule has 2 heteroatoms. The van der Waals surface area contributed by atoms with Crippen LogP contribution in [-0.2, 0) is 0 Å². The van der Waals surface area contributed by atoms with Crippen LogP contribution in [0.1, 0.15) is 17.2 Å². The van der Waals surface area contributed by atoms with Crippen LogP contribution in [0.4, 0.5) is 0 Å². The minimum Gasteiger partial charge on any atom is -0.320 e. The second-order valence-corrected chi connectivity index (χ2v) is 4.36. The van der Waals surface area contributed by atoms with Crippen LogP contribution >= 0.6 is 15.9 Å². The van der Waals surface area contributed by atoms with Crippen LogP contribution in [0.5, 0.6) is 0 Å². The molecule has 2 rings (SSSR count). The summed E-state index contributed by atoms with van der Waals surface area (Å²) < 4.78 is 1.08. The highest BCUT2D eigenvalue weighted by molar-refractivity contribution is 9.10. The van der Waals surface area contributed by atoms with Crippen molar-refractivity contribution in [1.29, 1.82) is 0 Å². The van der Waals surface area contributed by atoms with Crippen LogP contribution in [0.3, 0.4) is 0 Å². The normalized spacial score (nSPS) is 12.4. The van der Waals surface area contributed by atoms with E-state index in [9.17, 15) is 0 Å². The molecule has 0 saturated carbocycles. The molecule has 0 radical (unpaired) electrons. The Bertz CT molecular complexity index is 422. The lowest BCUT2D eigenvalue weighted by atomic mass is 10.00. The Balaban J connectivity index is 2.29. The fraction of sp³-hybridized carbons (Fsp3) is 0.0769. The Morgan fingerprint density at radius 3 is 1.93 bits per heavy atom. The molecule has 0 saturated heterocycles. The summed E-state index contributed by atoms with van der Waals surface area (Å²) in [6.45, 7) is 0. The van der Waals surface area contributed by atoms with Gasteiger partial charge in [0.2, 0.25) is 0 Å². The fourth-order valence-electron chi connectivity index (χ4n) is 1.52. The Kier molecular flexibility index (Phi) is 3.19. The number of hydrogen-bond donors (Lipinski definition) is 1. The van der Waals surface area contributed by atoms with Crippen LogP contribution in [0.2, 0.25) is 0 Å². The molecule has 0 heterocycles. The molecular weight excluding hydrogens is 250 g/mol. The van der Waals surface area contributed by atoms with Gasteiger partial charge in [-0.1, -0.05) is 58.4 Å². The number of benzene rings is 2. The summed E-state index contributed by atoms with van der Waals surface area (Å²) in [6.07, 6.45) is 0. The number of halogens is 1. The van der Waals surface area contributed by atoms with Crippen molar-refractivity contribution in [2.24, 2.45) is 5.73 Å². The third-order valence-electron chi connectivity index (χ3n) is 2.39. The number of nitrogens with two attached hydrogens (primary N) is 1. The molecule has 0 spiro atoms. The molecule has 0 aliphatic heterocycles. The quantitative estimate of drug-likeness (QED) is 0.880. The predicted octanol–water partition coefficient (Wildman–Crippen LogP) is 3.50. The summed E-state index contributed by atoms with van der Waals surface area (Å²) >= 11 is 3.41. The minimum absolute atomic E-state index is 0.0423. The Morgan fingerprint density at radius 2 is 1.33 bits per heavy atom. The third kappa shape index (κ3) is 2.46. The molecule has 2 aromatic carbocycles. The van der Waals surface area contributed by atoms with E-state index in [0.717, 1.165) is 15.6 Å². The topological polar surface area (TPSA) is 26.0 Å². The van der Waals surface area contributed by atoms with Crippen LogP contribution < -0.4 is 5.73 Å². The van der Waals surface area contributed by atoms with Crippen LogP contribution in [0.25, 0.3) is 0 Å². The van der Waals surface area contributed by atoms with Gasteiger partial charge in [-0.15, -0.1) is 0 Å². The summed E-state index contributed by atoms with van der Waals surface area (Å²) in [4.78, 5) is 0. The minimum atomic E-state index is -0.0423. The fourth-order valence-corrected chi connectivity index (χ4v) is 1.79. The lowest BCUT2D eigenvalue weighted by Gasteiger charge is -2.12. The van der Waals surface area contributed by atoms with Gasteiger partial charge >= 0.3 is 0 Å². The number of rotatable bonds is 2. The first kappa shape index (κ1) is 10.4. The van der Waals surface area contributed by atoms with Crippen molar-refractivity contribution < 1.29 is 0 Å². The second-order valence-electron chi connectivity index (χ2n) is 3.44. The molecule has 0 aliphatic rings. The van der Waals surface area contributed by atoms with Crippen molar-refractivity contribution in [3.05, 3.63) is 70.2 Å². The molecule has 1 nitrogen and oxygen atoms in total. The molecular formula is C13H12BrN. The van der Waals surface area contributed by atoms with Gasteiger partial charge in [-0.25, -0.2) is 0 Å². The predicted molar refractivity (Wildman–Crippen MR) is 66.6 cm³/mol. The van der Waals surface area contributed by atoms with Crippen molar-refractivity contribution in [1.82, 2.24) is 0 Å². The first-order valence-electron chi connectivity index (χ1n) is 4.83. The van der Waals surface area contributed by atoms with E-state index in [4.69, 9.17) is 5.73 Å². The molecule has 76 valence electrons. The smallest absolute Gasteiger partial charge is 0.0551 e. The van der Waals surface area contributed by atoms with Gasteiger partial charge in [0.1, 0.15) is 0 Å². The summed E-state index contributed by atoms with van der Waals surface area (Å²) in [5, 5.41) is 0. The molecule has 1 unspecified atom stereocenters. The van der Waals surface area contributed by atoms with E-state index in [1.54, 1.807) is 0 Å². The highest BCUT2D eigenvalue weighted by Gasteiger charge is 2.07. The first-order valence-corrected chi connectivity index (χ1v) is 5.62. The van der Waals surface area contributed by atoms with Gasteiger partial charge in [0.05, 0.1) is 6.04 Å². The summed E-state index contributed by atoms with van der Waals surface area (Å²) in [6, 6.07) is 18.2. The first-order chi connectivity index (χ1) is 7.27. The summed E-state index contributed by atoms with van der Waals surface area (Å²) in [5.41, 5.74) is 8.42. The van der Waals surface area contributed by atoms with Gasteiger partial charge in [0.15, 0.2) is 0 Å². The highest BCUT2D eigenvalue weighted by Crippen LogP contribution is 2.20.